The monoisotopic (exact) mass is 504 g/mol. The van der Waals surface area contributed by atoms with Crippen LogP contribution in [0, 0.1) is 0 Å². The molecule has 0 radical (unpaired) electrons. The first kappa shape index (κ1) is 24.8. The second kappa shape index (κ2) is 11.3. The van der Waals surface area contributed by atoms with E-state index in [4.69, 9.17) is 32.7 Å². The molecule has 0 spiro atoms. The fourth-order valence-electron chi connectivity index (χ4n) is 2.88. The van der Waals surface area contributed by atoms with E-state index in [0.29, 0.717) is 38.5 Å². The predicted molar refractivity (Wildman–Crippen MR) is 134 cm³/mol. The standard InChI is InChI=1S/C24H22Cl2N2O4S/c1-14(23(29)28-20-13-16(25)5-10-19(20)26)33-18-8-6-17(7-9-18)27-24(30)15-4-11-21(31-2)22(12-15)32-3/h4-14H,1-3H3,(H,27,30)(H,28,29). The Morgan fingerprint density at radius 2 is 1.58 bits per heavy atom. The van der Waals surface area contributed by atoms with Crippen molar-refractivity contribution in [1.82, 2.24) is 0 Å². The number of methoxy groups -OCH3 is 2. The van der Waals surface area contributed by atoms with Crippen LogP contribution in [0.2, 0.25) is 10.0 Å². The second-order valence-electron chi connectivity index (χ2n) is 6.92. The summed E-state index contributed by atoms with van der Waals surface area (Å²) in [5.41, 5.74) is 1.54. The molecule has 0 aromatic heterocycles. The van der Waals surface area contributed by atoms with Crippen LogP contribution < -0.4 is 20.1 Å². The molecular weight excluding hydrogens is 483 g/mol. The number of ether oxygens (including phenoxy) is 2. The third-order valence-corrected chi connectivity index (χ3v) is 6.30. The molecule has 0 saturated heterocycles. The van der Waals surface area contributed by atoms with E-state index in [-0.39, 0.29) is 17.1 Å². The van der Waals surface area contributed by atoms with Gasteiger partial charge in [0.15, 0.2) is 11.5 Å². The lowest BCUT2D eigenvalue weighted by atomic mass is 10.2. The summed E-state index contributed by atoms with van der Waals surface area (Å²) < 4.78 is 10.4. The molecule has 2 amide bonds. The number of thioether (sulfide) groups is 1. The summed E-state index contributed by atoms with van der Waals surface area (Å²) in [4.78, 5) is 26.0. The minimum absolute atomic E-state index is 0.199. The van der Waals surface area contributed by atoms with Gasteiger partial charge in [0.1, 0.15) is 0 Å². The lowest BCUT2D eigenvalue weighted by molar-refractivity contribution is -0.115. The van der Waals surface area contributed by atoms with Gasteiger partial charge >= 0.3 is 0 Å². The van der Waals surface area contributed by atoms with Crippen molar-refractivity contribution >= 4 is 58.2 Å². The van der Waals surface area contributed by atoms with E-state index in [0.717, 1.165) is 4.90 Å². The third-order valence-electron chi connectivity index (χ3n) is 4.63. The number of halogens is 2. The van der Waals surface area contributed by atoms with Gasteiger partial charge in [-0.05, 0) is 67.6 Å². The van der Waals surface area contributed by atoms with Gasteiger partial charge in [-0.25, -0.2) is 0 Å². The van der Waals surface area contributed by atoms with Gasteiger partial charge in [0.25, 0.3) is 5.91 Å². The summed E-state index contributed by atoms with van der Waals surface area (Å²) in [6.45, 7) is 1.80. The van der Waals surface area contributed by atoms with E-state index in [2.05, 4.69) is 10.6 Å². The Kier molecular flexibility index (Phi) is 8.49. The van der Waals surface area contributed by atoms with Crippen LogP contribution in [0.15, 0.2) is 65.6 Å². The molecule has 0 aliphatic heterocycles. The molecule has 0 aliphatic carbocycles. The van der Waals surface area contributed by atoms with Crippen LogP contribution >= 0.6 is 35.0 Å². The van der Waals surface area contributed by atoms with Crippen molar-refractivity contribution in [3.63, 3.8) is 0 Å². The van der Waals surface area contributed by atoms with Crippen molar-refractivity contribution in [2.45, 2.75) is 17.1 Å². The van der Waals surface area contributed by atoms with Crippen LogP contribution in [0.1, 0.15) is 17.3 Å². The lowest BCUT2D eigenvalue weighted by Gasteiger charge is -2.14. The van der Waals surface area contributed by atoms with Gasteiger partial charge in [-0.3, -0.25) is 9.59 Å². The minimum Gasteiger partial charge on any atom is -0.493 e. The summed E-state index contributed by atoms with van der Waals surface area (Å²) >= 11 is 13.5. The smallest absolute Gasteiger partial charge is 0.255 e. The minimum atomic E-state index is -0.382. The first-order valence-corrected chi connectivity index (χ1v) is 11.5. The highest BCUT2D eigenvalue weighted by Crippen LogP contribution is 2.30. The zero-order valence-electron chi connectivity index (χ0n) is 18.1. The molecule has 0 saturated carbocycles. The van der Waals surface area contributed by atoms with Gasteiger partial charge in [0.05, 0.1) is 30.2 Å². The molecule has 3 aromatic carbocycles. The van der Waals surface area contributed by atoms with Crippen molar-refractivity contribution in [2.24, 2.45) is 0 Å². The highest BCUT2D eigenvalue weighted by Gasteiger charge is 2.16. The Morgan fingerprint density at radius 1 is 0.879 bits per heavy atom. The number of nitrogens with one attached hydrogen (secondary N) is 2. The van der Waals surface area contributed by atoms with Crippen LogP contribution in [-0.4, -0.2) is 31.3 Å². The molecule has 6 nitrogen and oxygen atoms in total. The van der Waals surface area contributed by atoms with Gasteiger partial charge < -0.3 is 20.1 Å². The molecule has 2 N–H and O–H groups in total. The summed E-state index contributed by atoms with van der Waals surface area (Å²) in [5.74, 6) is 0.548. The van der Waals surface area contributed by atoms with E-state index in [9.17, 15) is 9.59 Å². The zero-order chi connectivity index (χ0) is 24.0. The first-order valence-electron chi connectivity index (χ1n) is 9.86. The number of anilines is 2. The quantitative estimate of drug-likeness (QED) is 0.348. The predicted octanol–water partition coefficient (Wildman–Crippen LogP) is 6.38. The number of hydrogen-bond acceptors (Lipinski definition) is 5. The Balaban J connectivity index is 1.60. The Labute approximate surface area is 206 Å². The van der Waals surface area contributed by atoms with Gasteiger partial charge in [-0.2, -0.15) is 0 Å². The van der Waals surface area contributed by atoms with Crippen LogP contribution in [-0.2, 0) is 4.79 Å². The van der Waals surface area contributed by atoms with E-state index in [1.165, 1.54) is 26.0 Å². The van der Waals surface area contributed by atoms with Crippen LogP contribution in [0.3, 0.4) is 0 Å². The van der Waals surface area contributed by atoms with E-state index < -0.39 is 0 Å². The normalized spacial score (nSPS) is 11.4. The van der Waals surface area contributed by atoms with Crippen LogP contribution in [0.5, 0.6) is 11.5 Å². The van der Waals surface area contributed by atoms with Crippen LogP contribution in [0.4, 0.5) is 11.4 Å². The maximum atomic E-state index is 12.6. The van der Waals surface area contributed by atoms with Gasteiger partial charge in [0, 0.05) is 21.2 Å². The van der Waals surface area contributed by atoms with Gasteiger partial charge in [-0.15, -0.1) is 11.8 Å². The molecule has 3 aromatic rings. The van der Waals surface area contributed by atoms with E-state index in [1.54, 1.807) is 55.5 Å². The van der Waals surface area contributed by atoms with Crippen molar-refractivity contribution in [3.8, 4) is 11.5 Å². The number of carbonyl (C=O) groups is 2. The molecule has 33 heavy (non-hydrogen) atoms. The van der Waals surface area contributed by atoms with E-state index >= 15 is 0 Å². The topological polar surface area (TPSA) is 76.7 Å². The molecular formula is C24H22Cl2N2O4S. The summed E-state index contributed by atoms with van der Waals surface area (Å²) in [6.07, 6.45) is 0. The number of hydrogen-bond donors (Lipinski definition) is 2. The molecule has 0 bridgehead atoms. The average Bonchev–Trinajstić information content (AvgIpc) is 2.82. The summed E-state index contributed by atoms with van der Waals surface area (Å²) in [6, 6.07) is 17.1. The third kappa shape index (κ3) is 6.57. The Morgan fingerprint density at radius 3 is 2.24 bits per heavy atom. The van der Waals surface area contributed by atoms with Crippen molar-refractivity contribution in [1.29, 1.82) is 0 Å². The van der Waals surface area contributed by atoms with Crippen molar-refractivity contribution in [3.05, 3.63) is 76.3 Å². The van der Waals surface area contributed by atoms with Crippen molar-refractivity contribution < 1.29 is 19.1 Å². The highest BCUT2D eigenvalue weighted by atomic mass is 35.5. The Bertz CT molecular complexity index is 1160. The summed E-state index contributed by atoms with van der Waals surface area (Å²) in [5, 5.41) is 6.16. The number of carbonyl (C=O) groups excluding carboxylic acids is 2. The van der Waals surface area contributed by atoms with Crippen LogP contribution in [0.25, 0.3) is 0 Å². The Hall–Kier alpha value is -2.87. The molecule has 1 atom stereocenters. The maximum Gasteiger partial charge on any atom is 0.255 e. The molecule has 0 aliphatic rings. The molecule has 0 heterocycles. The largest absolute Gasteiger partial charge is 0.493 e. The van der Waals surface area contributed by atoms with Gasteiger partial charge in [0.2, 0.25) is 5.91 Å². The number of benzene rings is 3. The number of rotatable bonds is 8. The second-order valence-corrected chi connectivity index (χ2v) is 9.18. The van der Waals surface area contributed by atoms with E-state index in [1.807, 2.05) is 12.1 Å². The average molecular weight is 505 g/mol. The first-order chi connectivity index (χ1) is 15.8. The molecule has 1 unspecified atom stereocenters. The zero-order valence-corrected chi connectivity index (χ0v) is 20.5. The molecule has 0 fully saturated rings. The fraction of sp³-hybridized carbons (Fsp3) is 0.167. The fourth-order valence-corrected chi connectivity index (χ4v) is 4.09. The van der Waals surface area contributed by atoms with Crippen molar-refractivity contribution in [2.75, 3.05) is 24.9 Å². The highest BCUT2D eigenvalue weighted by molar-refractivity contribution is 8.00. The number of amides is 2. The lowest BCUT2D eigenvalue weighted by Crippen LogP contribution is -2.22. The maximum absolute atomic E-state index is 12.6. The van der Waals surface area contributed by atoms with Gasteiger partial charge in [-0.1, -0.05) is 23.2 Å². The molecule has 9 heteroatoms. The molecule has 3 rings (SSSR count). The molecule has 172 valence electrons. The SMILES string of the molecule is COc1ccc(C(=O)Nc2ccc(SC(C)C(=O)Nc3cc(Cl)ccc3Cl)cc2)cc1OC. The summed E-state index contributed by atoms with van der Waals surface area (Å²) in [7, 11) is 3.05.